The van der Waals surface area contributed by atoms with E-state index >= 15 is 0 Å². The first-order chi connectivity index (χ1) is 8.17. The SMILES string of the molecule is CCOc1cccc(CNC(=O)C(N)CC)c1. The highest BCUT2D eigenvalue weighted by molar-refractivity contribution is 5.81. The maximum Gasteiger partial charge on any atom is 0.237 e. The summed E-state index contributed by atoms with van der Waals surface area (Å²) in [6.07, 6.45) is 0.644. The third kappa shape index (κ3) is 4.44. The molecular formula is C13H20N2O2. The Kier molecular flexibility index (Phi) is 5.49. The van der Waals surface area contributed by atoms with Crippen LogP contribution in [0.4, 0.5) is 0 Å². The smallest absolute Gasteiger partial charge is 0.237 e. The number of carbonyl (C=O) groups is 1. The summed E-state index contributed by atoms with van der Waals surface area (Å²) < 4.78 is 5.38. The molecule has 1 unspecified atom stereocenters. The zero-order chi connectivity index (χ0) is 12.7. The van der Waals surface area contributed by atoms with Crippen molar-refractivity contribution in [3.8, 4) is 5.75 Å². The van der Waals surface area contributed by atoms with Crippen LogP contribution in [0.2, 0.25) is 0 Å². The van der Waals surface area contributed by atoms with Crippen molar-refractivity contribution in [3.05, 3.63) is 29.8 Å². The average molecular weight is 236 g/mol. The molecule has 0 aromatic heterocycles. The van der Waals surface area contributed by atoms with Crippen molar-refractivity contribution in [1.82, 2.24) is 5.32 Å². The molecule has 0 saturated heterocycles. The van der Waals surface area contributed by atoms with E-state index in [2.05, 4.69) is 5.32 Å². The van der Waals surface area contributed by atoms with E-state index in [4.69, 9.17) is 10.5 Å². The van der Waals surface area contributed by atoms with Crippen LogP contribution in [0.25, 0.3) is 0 Å². The standard InChI is InChI=1S/C13H20N2O2/c1-3-12(14)13(16)15-9-10-6-5-7-11(8-10)17-4-2/h5-8,12H,3-4,9,14H2,1-2H3,(H,15,16). The van der Waals surface area contributed by atoms with Crippen LogP contribution < -0.4 is 15.8 Å². The lowest BCUT2D eigenvalue weighted by molar-refractivity contribution is -0.122. The summed E-state index contributed by atoms with van der Waals surface area (Å²) in [5.41, 5.74) is 6.63. The number of carbonyl (C=O) groups excluding carboxylic acids is 1. The average Bonchev–Trinajstić information content (AvgIpc) is 2.36. The predicted octanol–water partition coefficient (Wildman–Crippen LogP) is 1.44. The second-order valence-corrected chi connectivity index (χ2v) is 3.81. The summed E-state index contributed by atoms with van der Waals surface area (Å²) >= 11 is 0. The van der Waals surface area contributed by atoms with Crippen molar-refractivity contribution < 1.29 is 9.53 Å². The Labute approximate surface area is 102 Å². The number of nitrogens with one attached hydrogen (secondary N) is 1. The van der Waals surface area contributed by atoms with Crippen molar-refractivity contribution in [2.45, 2.75) is 32.9 Å². The molecule has 3 N–H and O–H groups in total. The van der Waals surface area contributed by atoms with Gasteiger partial charge in [-0.3, -0.25) is 4.79 Å². The van der Waals surface area contributed by atoms with Gasteiger partial charge in [0.05, 0.1) is 12.6 Å². The lowest BCUT2D eigenvalue weighted by atomic mass is 10.2. The minimum Gasteiger partial charge on any atom is -0.494 e. The molecule has 94 valence electrons. The number of amides is 1. The molecule has 1 aromatic carbocycles. The van der Waals surface area contributed by atoms with Gasteiger partial charge in [-0.25, -0.2) is 0 Å². The zero-order valence-corrected chi connectivity index (χ0v) is 10.4. The number of ether oxygens (including phenoxy) is 1. The molecule has 0 aliphatic heterocycles. The molecule has 4 nitrogen and oxygen atoms in total. The quantitative estimate of drug-likeness (QED) is 0.785. The van der Waals surface area contributed by atoms with Crippen LogP contribution in [0.15, 0.2) is 24.3 Å². The number of nitrogens with two attached hydrogens (primary N) is 1. The van der Waals surface area contributed by atoms with Gasteiger partial charge >= 0.3 is 0 Å². The van der Waals surface area contributed by atoms with Gasteiger partial charge in [0.25, 0.3) is 0 Å². The second kappa shape index (κ2) is 6.91. The number of rotatable bonds is 6. The first-order valence-electron chi connectivity index (χ1n) is 5.92. The van der Waals surface area contributed by atoms with Gasteiger partial charge in [0.1, 0.15) is 5.75 Å². The Balaban J connectivity index is 2.51. The van der Waals surface area contributed by atoms with Crippen molar-refractivity contribution in [3.63, 3.8) is 0 Å². The van der Waals surface area contributed by atoms with E-state index in [0.29, 0.717) is 19.6 Å². The third-order valence-corrected chi connectivity index (χ3v) is 2.45. The molecule has 17 heavy (non-hydrogen) atoms. The normalized spacial score (nSPS) is 11.9. The van der Waals surface area contributed by atoms with Crippen molar-refractivity contribution in [1.29, 1.82) is 0 Å². The highest BCUT2D eigenvalue weighted by Gasteiger charge is 2.09. The van der Waals surface area contributed by atoms with Gasteiger partial charge in [0, 0.05) is 6.54 Å². The summed E-state index contributed by atoms with van der Waals surface area (Å²) in [6, 6.07) is 7.24. The largest absolute Gasteiger partial charge is 0.494 e. The number of benzene rings is 1. The molecule has 4 heteroatoms. The number of hydrogen-bond acceptors (Lipinski definition) is 3. The Hall–Kier alpha value is -1.55. The fourth-order valence-electron chi connectivity index (χ4n) is 1.42. The van der Waals surface area contributed by atoms with E-state index in [1.54, 1.807) is 0 Å². The molecular weight excluding hydrogens is 216 g/mol. The van der Waals surface area contributed by atoms with Crippen LogP contribution >= 0.6 is 0 Å². The van der Waals surface area contributed by atoms with E-state index in [0.717, 1.165) is 11.3 Å². The Morgan fingerprint density at radius 2 is 2.24 bits per heavy atom. The fraction of sp³-hybridized carbons (Fsp3) is 0.462. The lowest BCUT2D eigenvalue weighted by Gasteiger charge is -2.10. The van der Waals surface area contributed by atoms with Crippen LogP contribution in [0.5, 0.6) is 5.75 Å². The van der Waals surface area contributed by atoms with Crippen LogP contribution in [-0.2, 0) is 11.3 Å². The molecule has 0 saturated carbocycles. The summed E-state index contributed by atoms with van der Waals surface area (Å²) in [7, 11) is 0. The molecule has 0 heterocycles. The van der Waals surface area contributed by atoms with Crippen molar-refractivity contribution in [2.24, 2.45) is 5.73 Å². The molecule has 0 bridgehead atoms. The Morgan fingerprint density at radius 1 is 1.47 bits per heavy atom. The van der Waals surface area contributed by atoms with Crippen LogP contribution in [-0.4, -0.2) is 18.6 Å². The molecule has 0 aliphatic carbocycles. The van der Waals surface area contributed by atoms with Gasteiger partial charge in [-0.1, -0.05) is 19.1 Å². The summed E-state index contributed by atoms with van der Waals surface area (Å²) in [5.74, 6) is 0.702. The third-order valence-electron chi connectivity index (χ3n) is 2.45. The monoisotopic (exact) mass is 236 g/mol. The highest BCUT2D eigenvalue weighted by Crippen LogP contribution is 2.12. The Morgan fingerprint density at radius 3 is 2.88 bits per heavy atom. The number of hydrogen-bond donors (Lipinski definition) is 2. The van der Waals surface area contributed by atoms with E-state index in [1.165, 1.54) is 0 Å². The van der Waals surface area contributed by atoms with E-state index < -0.39 is 6.04 Å². The minimum atomic E-state index is -0.426. The van der Waals surface area contributed by atoms with Gasteiger partial charge in [-0.15, -0.1) is 0 Å². The molecule has 0 spiro atoms. The second-order valence-electron chi connectivity index (χ2n) is 3.81. The molecule has 1 amide bonds. The van der Waals surface area contributed by atoms with Crippen LogP contribution in [0, 0.1) is 0 Å². The van der Waals surface area contributed by atoms with Gasteiger partial charge in [0.2, 0.25) is 5.91 Å². The van der Waals surface area contributed by atoms with Crippen molar-refractivity contribution >= 4 is 5.91 Å². The van der Waals surface area contributed by atoms with Gasteiger partial charge in [0.15, 0.2) is 0 Å². The molecule has 0 radical (unpaired) electrons. The summed E-state index contributed by atoms with van der Waals surface area (Å²) in [6.45, 7) is 4.94. The topological polar surface area (TPSA) is 64.3 Å². The van der Waals surface area contributed by atoms with Gasteiger partial charge in [-0.05, 0) is 31.0 Å². The molecule has 0 aliphatic rings. The maximum absolute atomic E-state index is 11.5. The first-order valence-corrected chi connectivity index (χ1v) is 5.92. The Bertz CT molecular complexity index is 366. The van der Waals surface area contributed by atoms with Gasteiger partial charge < -0.3 is 15.8 Å². The van der Waals surface area contributed by atoms with Gasteiger partial charge in [-0.2, -0.15) is 0 Å². The molecule has 1 aromatic rings. The maximum atomic E-state index is 11.5. The van der Waals surface area contributed by atoms with Crippen LogP contribution in [0.1, 0.15) is 25.8 Å². The van der Waals surface area contributed by atoms with E-state index in [1.807, 2.05) is 38.1 Å². The summed E-state index contributed by atoms with van der Waals surface area (Å²) in [4.78, 5) is 11.5. The first kappa shape index (κ1) is 13.5. The minimum absolute atomic E-state index is 0.116. The summed E-state index contributed by atoms with van der Waals surface area (Å²) in [5, 5.41) is 2.80. The predicted molar refractivity (Wildman–Crippen MR) is 67.7 cm³/mol. The van der Waals surface area contributed by atoms with E-state index in [-0.39, 0.29) is 5.91 Å². The fourth-order valence-corrected chi connectivity index (χ4v) is 1.42. The van der Waals surface area contributed by atoms with Crippen molar-refractivity contribution in [2.75, 3.05) is 6.61 Å². The zero-order valence-electron chi connectivity index (χ0n) is 10.4. The molecule has 0 fully saturated rings. The lowest BCUT2D eigenvalue weighted by Crippen LogP contribution is -2.39. The van der Waals surface area contributed by atoms with E-state index in [9.17, 15) is 4.79 Å². The molecule has 1 rings (SSSR count). The molecule has 1 atom stereocenters. The highest BCUT2D eigenvalue weighted by atomic mass is 16.5. The van der Waals surface area contributed by atoms with Crippen LogP contribution in [0.3, 0.4) is 0 Å².